The van der Waals surface area contributed by atoms with Gasteiger partial charge in [0.05, 0.1) is 0 Å². The molecule has 5 atom stereocenters. The van der Waals surface area contributed by atoms with Gasteiger partial charge >= 0.3 is 0 Å². The van der Waals surface area contributed by atoms with Crippen LogP contribution in [0.2, 0.25) is 0 Å². The summed E-state index contributed by atoms with van der Waals surface area (Å²) in [5.74, 6) is -3.69. The van der Waals surface area contributed by atoms with E-state index in [0.717, 1.165) is 5.56 Å². The number of guanidine groups is 1. The topological polar surface area (TPSA) is 253 Å². The summed E-state index contributed by atoms with van der Waals surface area (Å²) in [7, 11) is 0. The van der Waals surface area contributed by atoms with E-state index in [-0.39, 0.29) is 50.0 Å². The number of hydrogen-bond acceptors (Lipinski definition) is 7. The van der Waals surface area contributed by atoms with Crippen LogP contribution in [0.1, 0.15) is 72.8 Å². The van der Waals surface area contributed by atoms with Crippen LogP contribution < -0.4 is 43.8 Å². The molecule has 1 aromatic carbocycles. The Labute approximate surface area is 277 Å². The highest BCUT2D eigenvalue weighted by Crippen LogP contribution is 2.11. The molecule has 0 fully saturated rings. The van der Waals surface area contributed by atoms with Gasteiger partial charge in [-0.15, -0.1) is 0 Å². The summed E-state index contributed by atoms with van der Waals surface area (Å²) >= 11 is 0. The fourth-order valence-corrected chi connectivity index (χ4v) is 4.74. The van der Waals surface area contributed by atoms with Gasteiger partial charge in [-0.1, -0.05) is 58.0 Å². The summed E-state index contributed by atoms with van der Waals surface area (Å²) in [6.07, 6.45) is 1.15. The van der Waals surface area contributed by atoms with Crippen LogP contribution in [0.15, 0.2) is 35.3 Å². The fraction of sp³-hybridized carbons (Fsp3) is 0.594. The average Bonchev–Trinajstić information content (AvgIpc) is 2.96. The van der Waals surface area contributed by atoms with Gasteiger partial charge in [0.25, 0.3) is 0 Å². The third-order valence-corrected chi connectivity index (χ3v) is 7.01. The maximum atomic E-state index is 13.7. The molecular weight excluding hydrogens is 606 g/mol. The molecule has 1 rings (SSSR count). The van der Waals surface area contributed by atoms with Crippen molar-refractivity contribution in [3.05, 3.63) is 35.9 Å². The summed E-state index contributed by atoms with van der Waals surface area (Å²) in [6, 6.07) is 3.94. The van der Waals surface area contributed by atoms with Crippen molar-refractivity contribution in [3.8, 4) is 0 Å². The SMILES string of the molecule is CC(=O)NC(C)C(=O)N[C@@H](Cc1ccccc1)C(=O)N[C@@H](CC(C)C)C(=O)N[C@@H](CC(C)C)C(=O)N[C@@H](CCCN=C(N)N)C(N)=O. The zero-order chi connectivity index (χ0) is 35.7. The summed E-state index contributed by atoms with van der Waals surface area (Å²) in [5, 5.41) is 13.3. The molecule has 1 aromatic rings. The number of hydrogen-bond donors (Lipinski definition) is 8. The van der Waals surface area contributed by atoms with Gasteiger partial charge in [-0.25, -0.2) is 0 Å². The van der Waals surface area contributed by atoms with Gasteiger partial charge in [-0.2, -0.15) is 0 Å². The number of primary amides is 1. The zero-order valence-electron chi connectivity index (χ0n) is 28.3. The van der Waals surface area contributed by atoms with Gasteiger partial charge in [-0.05, 0) is 50.0 Å². The molecule has 0 heterocycles. The smallest absolute Gasteiger partial charge is 0.243 e. The molecule has 15 heteroatoms. The van der Waals surface area contributed by atoms with E-state index in [1.54, 1.807) is 24.3 Å². The van der Waals surface area contributed by atoms with Crippen molar-refractivity contribution in [1.29, 1.82) is 0 Å². The van der Waals surface area contributed by atoms with Crippen LogP contribution in [0.4, 0.5) is 0 Å². The van der Waals surface area contributed by atoms with Crippen LogP contribution in [-0.4, -0.2) is 78.2 Å². The van der Waals surface area contributed by atoms with Gasteiger partial charge in [0, 0.05) is 19.9 Å². The first-order chi connectivity index (χ1) is 22.0. The predicted molar refractivity (Wildman–Crippen MR) is 179 cm³/mol. The van der Waals surface area contributed by atoms with Crippen molar-refractivity contribution in [3.63, 3.8) is 0 Å². The monoisotopic (exact) mass is 659 g/mol. The minimum Gasteiger partial charge on any atom is -0.370 e. The third kappa shape index (κ3) is 16.4. The lowest BCUT2D eigenvalue weighted by Gasteiger charge is -2.28. The molecule has 6 amide bonds. The number of nitrogens with one attached hydrogen (secondary N) is 5. The van der Waals surface area contributed by atoms with Crippen molar-refractivity contribution in [2.45, 2.75) is 104 Å². The second-order valence-corrected chi connectivity index (χ2v) is 12.5. The highest BCUT2D eigenvalue weighted by Gasteiger charge is 2.32. The molecule has 0 aliphatic heterocycles. The van der Waals surface area contributed by atoms with E-state index < -0.39 is 65.7 Å². The molecule has 262 valence electrons. The van der Waals surface area contributed by atoms with Gasteiger partial charge in [0.2, 0.25) is 35.4 Å². The molecule has 0 spiro atoms. The normalized spacial score (nSPS) is 14.1. The third-order valence-electron chi connectivity index (χ3n) is 7.01. The van der Waals surface area contributed by atoms with Crippen LogP contribution >= 0.6 is 0 Å². The Morgan fingerprint density at radius 3 is 1.57 bits per heavy atom. The average molecular weight is 660 g/mol. The molecule has 0 saturated carbocycles. The van der Waals surface area contributed by atoms with Crippen molar-refractivity contribution in [2.24, 2.45) is 34.0 Å². The number of carbonyl (C=O) groups excluding carboxylic acids is 6. The van der Waals surface area contributed by atoms with E-state index in [0.29, 0.717) is 6.42 Å². The maximum Gasteiger partial charge on any atom is 0.243 e. The second kappa shape index (κ2) is 20.4. The minimum absolute atomic E-state index is 0.0193. The van der Waals surface area contributed by atoms with Gasteiger partial charge in [0.1, 0.15) is 30.2 Å². The first-order valence-electron chi connectivity index (χ1n) is 15.9. The molecule has 0 bridgehead atoms. The predicted octanol–water partition coefficient (Wildman–Crippen LogP) is -0.676. The van der Waals surface area contributed by atoms with Crippen molar-refractivity contribution in [2.75, 3.05) is 6.54 Å². The van der Waals surface area contributed by atoms with E-state index in [9.17, 15) is 28.8 Å². The van der Waals surface area contributed by atoms with Gasteiger partial charge < -0.3 is 43.8 Å². The highest BCUT2D eigenvalue weighted by molar-refractivity contribution is 5.96. The summed E-state index contributed by atoms with van der Waals surface area (Å²) in [4.78, 5) is 81.0. The lowest BCUT2D eigenvalue weighted by atomic mass is 9.98. The van der Waals surface area contributed by atoms with Crippen LogP contribution in [0.3, 0.4) is 0 Å². The molecule has 0 aliphatic rings. The number of aliphatic imine (C=N–C) groups is 1. The van der Waals surface area contributed by atoms with E-state index in [4.69, 9.17) is 17.2 Å². The molecule has 11 N–H and O–H groups in total. The number of carbonyl (C=O) groups is 6. The van der Waals surface area contributed by atoms with Gasteiger partial charge in [0.15, 0.2) is 5.96 Å². The van der Waals surface area contributed by atoms with Crippen molar-refractivity contribution in [1.82, 2.24) is 26.6 Å². The standard InChI is InChI=1S/C32H53N9O6/c1-18(2)15-24(29(45)38-23(27(33)43)13-10-14-36-32(34)35)40-30(46)25(16-19(3)4)41-31(47)26(17-22-11-8-7-9-12-22)39-28(44)20(5)37-21(6)42/h7-9,11-12,18-20,23-26H,10,13-17H2,1-6H3,(H2,33,43)(H,37,42)(H,38,45)(H,39,44)(H,40,46)(H,41,47)(H4,34,35,36)/t20?,23-,24-,25-,26-/m0/s1. The molecule has 0 saturated heterocycles. The molecule has 1 unspecified atom stereocenters. The first-order valence-corrected chi connectivity index (χ1v) is 15.9. The fourth-order valence-electron chi connectivity index (χ4n) is 4.74. The lowest BCUT2D eigenvalue weighted by Crippen LogP contribution is -2.59. The molecule has 0 aromatic heterocycles. The lowest BCUT2D eigenvalue weighted by molar-refractivity contribution is -0.135. The largest absolute Gasteiger partial charge is 0.370 e. The number of nitrogens with two attached hydrogens (primary N) is 3. The van der Waals surface area contributed by atoms with E-state index in [2.05, 4.69) is 31.6 Å². The highest BCUT2D eigenvalue weighted by atomic mass is 16.2. The van der Waals surface area contributed by atoms with Gasteiger partial charge in [-0.3, -0.25) is 33.8 Å². The number of nitrogens with zero attached hydrogens (tertiary/aromatic N) is 1. The minimum atomic E-state index is -1.08. The molecular formula is C32H53N9O6. The summed E-state index contributed by atoms with van der Waals surface area (Å²) in [5.41, 5.74) is 17.0. The summed E-state index contributed by atoms with van der Waals surface area (Å²) in [6.45, 7) is 10.5. The van der Waals surface area contributed by atoms with E-state index in [1.165, 1.54) is 13.8 Å². The van der Waals surface area contributed by atoms with Crippen LogP contribution in [-0.2, 0) is 35.2 Å². The Kier molecular flexibility index (Phi) is 17.5. The Morgan fingerprint density at radius 2 is 1.13 bits per heavy atom. The zero-order valence-corrected chi connectivity index (χ0v) is 28.3. The van der Waals surface area contributed by atoms with E-state index in [1.807, 2.05) is 33.8 Å². The Balaban J connectivity index is 3.19. The van der Waals surface area contributed by atoms with E-state index >= 15 is 0 Å². The molecule has 15 nitrogen and oxygen atoms in total. The van der Waals surface area contributed by atoms with Crippen molar-refractivity contribution >= 4 is 41.4 Å². The maximum absolute atomic E-state index is 13.7. The molecule has 0 radical (unpaired) electrons. The molecule has 0 aliphatic carbocycles. The Bertz CT molecular complexity index is 1230. The molecule has 47 heavy (non-hydrogen) atoms. The number of rotatable bonds is 20. The summed E-state index contributed by atoms with van der Waals surface area (Å²) < 4.78 is 0. The van der Waals surface area contributed by atoms with Crippen LogP contribution in [0, 0.1) is 11.8 Å². The Hall–Kier alpha value is -4.69. The van der Waals surface area contributed by atoms with Crippen LogP contribution in [0.25, 0.3) is 0 Å². The quantitative estimate of drug-likeness (QED) is 0.0505. The number of benzene rings is 1. The first kappa shape index (κ1) is 40.3. The Morgan fingerprint density at radius 1 is 0.660 bits per heavy atom. The van der Waals surface area contributed by atoms with Crippen LogP contribution in [0.5, 0.6) is 0 Å². The second-order valence-electron chi connectivity index (χ2n) is 12.5. The van der Waals surface area contributed by atoms with Crippen molar-refractivity contribution < 1.29 is 28.8 Å². The number of amides is 6.